The Morgan fingerprint density at radius 2 is 2.29 bits per heavy atom. The Morgan fingerprint density at radius 3 is 2.76 bits per heavy atom. The van der Waals surface area contributed by atoms with E-state index < -0.39 is 11.4 Å². The topological polar surface area (TPSA) is 95.7 Å². The van der Waals surface area contributed by atoms with E-state index in [1.54, 1.807) is 17.9 Å². The molecule has 116 valence electrons. The minimum absolute atomic E-state index is 0.0234. The highest BCUT2D eigenvalue weighted by Crippen LogP contribution is 2.38. The van der Waals surface area contributed by atoms with E-state index >= 15 is 0 Å². The maximum Gasteiger partial charge on any atom is 0.317 e. The number of carbonyl (C=O) groups is 2. The quantitative estimate of drug-likeness (QED) is 0.880. The largest absolute Gasteiger partial charge is 0.481 e. The molecule has 0 aliphatic carbocycles. The monoisotopic (exact) mass is 295 g/mol. The van der Waals surface area contributed by atoms with Gasteiger partial charge in [-0.25, -0.2) is 4.79 Å². The van der Waals surface area contributed by atoms with Gasteiger partial charge >= 0.3 is 12.0 Å². The summed E-state index contributed by atoms with van der Waals surface area (Å²) in [6.45, 7) is 6.50. The number of urea groups is 1. The number of rotatable bonds is 4. The molecule has 7 heteroatoms. The molecule has 2 amide bonds. The normalized spacial score (nSPS) is 21.8. The molecule has 2 N–H and O–H groups in total. The van der Waals surface area contributed by atoms with Crippen molar-refractivity contribution in [2.24, 2.45) is 11.3 Å². The van der Waals surface area contributed by atoms with Crippen molar-refractivity contribution < 1.29 is 19.2 Å². The lowest BCUT2D eigenvalue weighted by atomic mass is 9.76. The molecule has 1 aromatic rings. The van der Waals surface area contributed by atoms with E-state index in [9.17, 15) is 14.7 Å². The van der Waals surface area contributed by atoms with E-state index in [0.717, 1.165) is 5.69 Å². The molecule has 1 fully saturated rings. The number of amides is 2. The third kappa shape index (κ3) is 3.01. The first-order valence-corrected chi connectivity index (χ1v) is 7.03. The van der Waals surface area contributed by atoms with Gasteiger partial charge in [0.25, 0.3) is 0 Å². The van der Waals surface area contributed by atoms with Gasteiger partial charge in [0, 0.05) is 19.2 Å². The lowest BCUT2D eigenvalue weighted by Gasteiger charge is -2.28. The molecule has 1 aliphatic rings. The fourth-order valence-electron chi connectivity index (χ4n) is 2.67. The third-order valence-corrected chi connectivity index (χ3v) is 4.21. The van der Waals surface area contributed by atoms with Crippen molar-refractivity contribution in [1.29, 1.82) is 0 Å². The van der Waals surface area contributed by atoms with Crippen molar-refractivity contribution >= 4 is 12.0 Å². The van der Waals surface area contributed by atoms with Crippen molar-refractivity contribution in [3.05, 3.63) is 17.5 Å². The van der Waals surface area contributed by atoms with Crippen LogP contribution in [-0.4, -0.2) is 40.3 Å². The van der Waals surface area contributed by atoms with Crippen LogP contribution in [0.1, 0.15) is 31.7 Å². The minimum atomic E-state index is -0.847. The molecule has 1 aliphatic heterocycles. The van der Waals surface area contributed by atoms with Crippen LogP contribution >= 0.6 is 0 Å². The second kappa shape index (κ2) is 5.75. The zero-order valence-corrected chi connectivity index (χ0v) is 12.5. The Hall–Kier alpha value is -2.05. The number of nitrogens with zero attached hydrogens (tertiary/aromatic N) is 2. The zero-order chi connectivity index (χ0) is 15.6. The van der Waals surface area contributed by atoms with Crippen molar-refractivity contribution in [3.63, 3.8) is 0 Å². The van der Waals surface area contributed by atoms with Crippen LogP contribution in [0.15, 0.2) is 10.6 Å². The molecule has 2 rings (SSSR count). The van der Waals surface area contributed by atoms with E-state index in [1.165, 1.54) is 0 Å². The van der Waals surface area contributed by atoms with Crippen molar-refractivity contribution in [1.82, 2.24) is 15.4 Å². The average molecular weight is 295 g/mol. The van der Waals surface area contributed by atoms with Crippen LogP contribution in [0.5, 0.6) is 0 Å². The van der Waals surface area contributed by atoms with E-state index in [0.29, 0.717) is 18.7 Å². The first-order valence-electron chi connectivity index (χ1n) is 7.03. The lowest BCUT2D eigenvalue weighted by Crippen LogP contribution is -2.43. The summed E-state index contributed by atoms with van der Waals surface area (Å²) in [6, 6.07) is 1.48. The number of hydrogen-bond donors (Lipinski definition) is 2. The Labute approximate surface area is 123 Å². The number of likely N-dealkylation sites (tertiary alicyclic amines) is 1. The second-order valence-corrected chi connectivity index (χ2v) is 5.88. The molecule has 0 spiro atoms. The van der Waals surface area contributed by atoms with Crippen molar-refractivity contribution in [2.45, 2.75) is 33.7 Å². The molecular formula is C14H21N3O4. The lowest BCUT2D eigenvalue weighted by molar-refractivity contribution is -0.150. The Bertz CT molecular complexity index is 540. The number of nitrogens with one attached hydrogen (secondary N) is 1. The van der Waals surface area contributed by atoms with Gasteiger partial charge in [-0.1, -0.05) is 19.0 Å². The zero-order valence-electron chi connectivity index (χ0n) is 12.5. The van der Waals surface area contributed by atoms with E-state index in [2.05, 4.69) is 10.5 Å². The number of aromatic nitrogens is 1. The number of carboxylic acid groups (broad SMARTS) is 1. The molecule has 7 nitrogen and oxygen atoms in total. The summed E-state index contributed by atoms with van der Waals surface area (Å²) in [6.07, 6.45) is 0.481. The molecule has 21 heavy (non-hydrogen) atoms. The highest BCUT2D eigenvalue weighted by molar-refractivity contribution is 5.80. The molecule has 1 aromatic heterocycles. The fourth-order valence-corrected chi connectivity index (χ4v) is 2.67. The number of hydrogen-bond acceptors (Lipinski definition) is 4. The highest BCUT2D eigenvalue weighted by atomic mass is 16.5. The summed E-state index contributed by atoms with van der Waals surface area (Å²) in [5, 5.41) is 15.9. The van der Waals surface area contributed by atoms with Crippen LogP contribution in [0.2, 0.25) is 0 Å². The molecule has 2 heterocycles. The molecule has 1 saturated heterocycles. The van der Waals surface area contributed by atoms with Crippen LogP contribution in [-0.2, 0) is 11.3 Å². The SMILES string of the molecule is Cc1cc(CNC(=O)N2CCC(C(=O)O)(C(C)C)C2)on1. The molecule has 0 radical (unpaired) electrons. The van der Waals surface area contributed by atoms with Gasteiger partial charge in [0.05, 0.1) is 17.7 Å². The van der Waals surface area contributed by atoms with E-state index in [4.69, 9.17) is 4.52 Å². The van der Waals surface area contributed by atoms with Gasteiger partial charge in [-0.3, -0.25) is 4.79 Å². The van der Waals surface area contributed by atoms with Crippen molar-refractivity contribution in [2.75, 3.05) is 13.1 Å². The Kier molecular flexibility index (Phi) is 4.20. The summed E-state index contributed by atoms with van der Waals surface area (Å²) in [7, 11) is 0. The van der Waals surface area contributed by atoms with E-state index in [-0.39, 0.29) is 25.0 Å². The third-order valence-electron chi connectivity index (χ3n) is 4.21. The molecule has 0 saturated carbocycles. The second-order valence-electron chi connectivity index (χ2n) is 5.88. The first kappa shape index (κ1) is 15.3. The molecule has 1 atom stereocenters. The van der Waals surface area contributed by atoms with Gasteiger partial charge in [0.15, 0.2) is 5.76 Å². The standard InChI is InChI=1S/C14H21N3O4/c1-9(2)14(12(18)19)4-5-17(8-14)13(20)15-7-11-6-10(3)16-21-11/h6,9H,4-5,7-8H2,1-3H3,(H,15,20)(H,18,19). The molecule has 1 unspecified atom stereocenters. The summed E-state index contributed by atoms with van der Waals surface area (Å²) in [5.41, 5.74) is -0.0923. The Balaban J connectivity index is 1.94. The van der Waals surface area contributed by atoms with Gasteiger partial charge in [0.2, 0.25) is 0 Å². The summed E-state index contributed by atoms with van der Waals surface area (Å²) < 4.78 is 5.02. The number of carbonyl (C=O) groups excluding carboxylic acids is 1. The van der Waals surface area contributed by atoms with Crippen LogP contribution in [0, 0.1) is 18.3 Å². The predicted molar refractivity (Wildman–Crippen MR) is 74.6 cm³/mol. The fraction of sp³-hybridized carbons (Fsp3) is 0.643. The Morgan fingerprint density at radius 1 is 1.57 bits per heavy atom. The molecule has 0 aromatic carbocycles. The number of aliphatic carboxylic acids is 1. The van der Waals surface area contributed by atoms with Gasteiger partial charge < -0.3 is 19.8 Å². The number of carboxylic acids is 1. The van der Waals surface area contributed by atoms with Crippen LogP contribution in [0.3, 0.4) is 0 Å². The van der Waals surface area contributed by atoms with Crippen LogP contribution < -0.4 is 5.32 Å². The summed E-state index contributed by atoms with van der Waals surface area (Å²) in [4.78, 5) is 25.2. The smallest absolute Gasteiger partial charge is 0.317 e. The first-order chi connectivity index (χ1) is 9.85. The van der Waals surface area contributed by atoms with Crippen LogP contribution in [0.4, 0.5) is 4.79 Å². The van der Waals surface area contributed by atoms with E-state index in [1.807, 2.05) is 13.8 Å². The van der Waals surface area contributed by atoms with Gasteiger partial charge in [-0.15, -0.1) is 0 Å². The molecule has 0 bridgehead atoms. The minimum Gasteiger partial charge on any atom is -0.481 e. The van der Waals surface area contributed by atoms with Crippen molar-refractivity contribution in [3.8, 4) is 0 Å². The van der Waals surface area contributed by atoms with Gasteiger partial charge in [0.1, 0.15) is 0 Å². The summed E-state index contributed by atoms with van der Waals surface area (Å²) in [5.74, 6) is -0.281. The summed E-state index contributed by atoms with van der Waals surface area (Å²) >= 11 is 0. The maximum atomic E-state index is 12.1. The average Bonchev–Trinajstić information content (AvgIpc) is 3.03. The highest BCUT2D eigenvalue weighted by Gasteiger charge is 2.48. The maximum absolute atomic E-state index is 12.1. The predicted octanol–water partition coefficient (Wildman–Crippen LogP) is 1.63. The van der Waals surface area contributed by atoms with Gasteiger partial charge in [-0.2, -0.15) is 0 Å². The number of aryl methyl sites for hydroxylation is 1. The van der Waals surface area contributed by atoms with Gasteiger partial charge in [-0.05, 0) is 19.3 Å². The van der Waals surface area contributed by atoms with Crippen LogP contribution in [0.25, 0.3) is 0 Å². The molecular weight excluding hydrogens is 274 g/mol.